The van der Waals surface area contributed by atoms with Crippen LogP contribution in [-0.2, 0) is 12.2 Å². The monoisotopic (exact) mass is 249 g/mol. The maximum atomic E-state index is 12.7. The van der Waals surface area contributed by atoms with Crippen molar-refractivity contribution in [2.45, 2.75) is 17.1 Å². The van der Waals surface area contributed by atoms with Gasteiger partial charge in [0, 0.05) is 4.90 Å². The number of thioether (sulfide) groups is 1. The lowest BCUT2D eigenvalue weighted by molar-refractivity contribution is 0.383. The molecule has 86 valence electrons. The summed E-state index contributed by atoms with van der Waals surface area (Å²) in [6, 6.07) is 8.12. The Morgan fingerprint density at radius 3 is 2.82 bits per heavy atom. The number of halogens is 1. The second kappa shape index (κ2) is 5.46. The molecule has 17 heavy (non-hydrogen) atoms. The smallest absolute Gasteiger partial charge is 0.240 e. The molecule has 6 heteroatoms. The van der Waals surface area contributed by atoms with Gasteiger partial charge in [-0.05, 0) is 24.3 Å². The van der Waals surface area contributed by atoms with Crippen molar-refractivity contribution in [1.82, 2.24) is 10.1 Å². The Hall–Kier alpha value is -1.87. The van der Waals surface area contributed by atoms with Crippen LogP contribution in [0.1, 0.15) is 11.7 Å². The number of nitrogens with zero attached hydrogens (tertiary/aromatic N) is 3. The maximum absolute atomic E-state index is 12.7. The predicted octanol–water partition coefficient (Wildman–Crippen LogP) is 2.57. The van der Waals surface area contributed by atoms with Gasteiger partial charge in [-0.25, -0.2) is 4.39 Å². The number of hydrogen-bond donors (Lipinski definition) is 0. The van der Waals surface area contributed by atoms with Crippen LogP contribution in [0.25, 0.3) is 0 Å². The molecule has 0 saturated heterocycles. The second-order valence-electron chi connectivity index (χ2n) is 3.18. The van der Waals surface area contributed by atoms with Crippen LogP contribution in [0.2, 0.25) is 0 Å². The molecular formula is C11H8FN3OS. The van der Waals surface area contributed by atoms with Gasteiger partial charge >= 0.3 is 0 Å². The third-order valence-corrected chi connectivity index (χ3v) is 2.93. The van der Waals surface area contributed by atoms with Crippen molar-refractivity contribution in [3.05, 3.63) is 41.8 Å². The molecule has 4 nitrogen and oxygen atoms in total. The Kier molecular flexibility index (Phi) is 3.73. The molecule has 0 radical (unpaired) electrons. The van der Waals surface area contributed by atoms with Gasteiger partial charge in [-0.15, -0.1) is 11.8 Å². The Bertz CT molecular complexity index is 532. The number of rotatable bonds is 4. The van der Waals surface area contributed by atoms with Crippen LogP contribution in [0.4, 0.5) is 4.39 Å². The third kappa shape index (κ3) is 3.29. The van der Waals surface area contributed by atoms with Crippen molar-refractivity contribution in [3.63, 3.8) is 0 Å². The highest BCUT2D eigenvalue weighted by molar-refractivity contribution is 7.98. The summed E-state index contributed by atoms with van der Waals surface area (Å²) >= 11 is 1.48. The Labute approximate surface area is 101 Å². The summed E-state index contributed by atoms with van der Waals surface area (Å²) in [6.07, 6.45) is 0.119. The average Bonchev–Trinajstić information content (AvgIpc) is 2.77. The van der Waals surface area contributed by atoms with Crippen LogP contribution in [0.5, 0.6) is 0 Å². The highest BCUT2D eigenvalue weighted by Gasteiger charge is 2.06. The molecule has 0 N–H and O–H groups in total. The lowest BCUT2D eigenvalue weighted by Crippen LogP contribution is -1.85. The highest BCUT2D eigenvalue weighted by atomic mass is 32.2. The van der Waals surface area contributed by atoms with Crippen LogP contribution in [0.3, 0.4) is 0 Å². The van der Waals surface area contributed by atoms with Crippen LogP contribution in [0, 0.1) is 17.1 Å². The van der Waals surface area contributed by atoms with Gasteiger partial charge in [0.15, 0.2) is 5.82 Å². The Morgan fingerprint density at radius 2 is 2.12 bits per heavy atom. The normalized spacial score (nSPS) is 10.1. The van der Waals surface area contributed by atoms with Gasteiger partial charge in [0.1, 0.15) is 12.2 Å². The van der Waals surface area contributed by atoms with Crippen LogP contribution >= 0.6 is 11.8 Å². The molecule has 0 unspecified atom stereocenters. The molecule has 0 fully saturated rings. The molecule has 2 aromatic rings. The van der Waals surface area contributed by atoms with Gasteiger partial charge in [0.25, 0.3) is 0 Å². The first-order valence-electron chi connectivity index (χ1n) is 4.84. The minimum atomic E-state index is -0.259. The molecule has 1 aromatic heterocycles. The van der Waals surface area contributed by atoms with Crippen molar-refractivity contribution in [3.8, 4) is 6.07 Å². The van der Waals surface area contributed by atoms with E-state index in [0.29, 0.717) is 17.5 Å². The molecule has 0 bridgehead atoms. The number of nitriles is 1. The van der Waals surface area contributed by atoms with E-state index in [4.69, 9.17) is 9.78 Å². The fourth-order valence-electron chi connectivity index (χ4n) is 1.17. The van der Waals surface area contributed by atoms with Gasteiger partial charge in [0.05, 0.1) is 11.8 Å². The van der Waals surface area contributed by atoms with Crippen molar-refractivity contribution in [1.29, 1.82) is 5.26 Å². The molecule has 0 spiro atoms. The van der Waals surface area contributed by atoms with E-state index in [9.17, 15) is 4.39 Å². The zero-order chi connectivity index (χ0) is 12.1. The summed E-state index contributed by atoms with van der Waals surface area (Å²) in [4.78, 5) is 4.97. The van der Waals surface area contributed by atoms with E-state index in [0.717, 1.165) is 4.90 Å². The topological polar surface area (TPSA) is 62.7 Å². The first-order chi connectivity index (χ1) is 8.28. The first-order valence-corrected chi connectivity index (χ1v) is 5.83. The molecule has 2 rings (SSSR count). The van der Waals surface area contributed by atoms with Crippen molar-refractivity contribution in [2.24, 2.45) is 0 Å². The largest absolute Gasteiger partial charge is 0.338 e. The molecule has 0 aliphatic heterocycles. The highest BCUT2D eigenvalue weighted by Crippen LogP contribution is 2.21. The van der Waals surface area contributed by atoms with Gasteiger partial charge in [-0.3, -0.25) is 0 Å². The number of hydrogen-bond acceptors (Lipinski definition) is 5. The minimum absolute atomic E-state index is 0.119. The van der Waals surface area contributed by atoms with E-state index in [-0.39, 0.29) is 12.2 Å². The van der Waals surface area contributed by atoms with Crippen molar-refractivity contribution >= 4 is 11.8 Å². The van der Waals surface area contributed by atoms with Gasteiger partial charge in [-0.2, -0.15) is 10.2 Å². The second-order valence-corrected chi connectivity index (χ2v) is 4.23. The molecule has 0 atom stereocenters. The maximum Gasteiger partial charge on any atom is 0.240 e. The first kappa shape index (κ1) is 11.6. The van der Waals surface area contributed by atoms with Crippen molar-refractivity contribution in [2.75, 3.05) is 0 Å². The molecule has 0 saturated carbocycles. The van der Waals surface area contributed by atoms with Crippen LogP contribution < -0.4 is 0 Å². The Morgan fingerprint density at radius 1 is 1.35 bits per heavy atom. The minimum Gasteiger partial charge on any atom is -0.338 e. The lowest BCUT2D eigenvalue weighted by Gasteiger charge is -1.97. The average molecular weight is 249 g/mol. The predicted molar refractivity (Wildman–Crippen MR) is 59.6 cm³/mol. The van der Waals surface area contributed by atoms with E-state index in [1.54, 1.807) is 12.1 Å². The molecule has 0 amide bonds. The third-order valence-electron chi connectivity index (χ3n) is 1.92. The lowest BCUT2D eigenvalue weighted by atomic mass is 10.4. The fourth-order valence-corrected chi connectivity index (χ4v) is 1.91. The summed E-state index contributed by atoms with van der Waals surface area (Å²) in [5.41, 5.74) is 0. The molecule has 1 aromatic carbocycles. The zero-order valence-corrected chi connectivity index (χ0v) is 9.58. The SMILES string of the molecule is N#CCc1nc(CSc2ccc(F)cc2)no1. The zero-order valence-electron chi connectivity index (χ0n) is 8.76. The molecule has 0 aliphatic rings. The van der Waals surface area contributed by atoms with E-state index in [2.05, 4.69) is 10.1 Å². The van der Waals surface area contributed by atoms with E-state index in [1.165, 1.54) is 23.9 Å². The van der Waals surface area contributed by atoms with Gasteiger partial charge in [-0.1, -0.05) is 5.16 Å². The van der Waals surface area contributed by atoms with Crippen LogP contribution in [0.15, 0.2) is 33.7 Å². The number of aromatic nitrogens is 2. The Balaban J connectivity index is 1.93. The van der Waals surface area contributed by atoms with Gasteiger partial charge < -0.3 is 4.52 Å². The molecule has 0 aliphatic carbocycles. The van der Waals surface area contributed by atoms with Crippen LogP contribution in [-0.4, -0.2) is 10.1 Å². The number of benzene rings is 1. The fraction of sp³-hybridized carbons (Fsp3) is 0.182. The van der Waals surface area contributed by atoms with E-state index < -0.39 is 0 Å². The van der Waals surface area contributed by atoms with Gasteiger partial charge in [0.2, 0.25) is 5.89 Å². The summed E-state index contributed by atoms with van der Waals surface area (Å²) in [5, 5.41) is 12.2. The summed E-state index contributed by atoms with van der Waals surface area (Å²) in [6.45, 7) is 0. The quantitative estimate of drug-likeness (QED) is 0.779. The standard InChI is InChI=1S/C11H8FN3OS/c12-8-1-3-9(4-2-8)17-7-10-14-11(5-6-13)16-15-10/h1-4H,5,7H2. The van der Waals surface area contributed by atoms with Crippen molar-refractivity contribution < 1.29 is 8.91 Å². The molecular weight excluding hydrogens is 241 g/mol. The summed E-state index contributed by atoms with van der Waals surface area (Å²) in [7, 11) is 0. The summed E-state index contributed by atoms with van der Waals surface area (Å²) in [5.74, 6) is 1.12. The van der Waals surface area contributed by atoms with E-state index in [1.807, 2.05) is 6.07 Å². The van der Waals surface area contributed by atoms with E-state index >= 15 is 0 Å². The molecule has 1 heterocycles. The summed E-state index contributed by atoms with van der Waals surface area (Å²) < 4.78 is 17.5.